The minimum absolute atomic E-state index is 0.0659. The third-order valence-electron chi connectivity index (χ3n) is 2.67. The lowest BCUT2D eigenvalue weighted by Gasteiger charge is -2.13. The Labute approximate surface area is 101 Å². The normalized spacial score (nSPS) is 9.94. The maximum absolute atomic E-state index is 8.58. The van der Waals surface area contributed by atoms with E-state index < -0.39 is 0 Å². The van der Waals surface area contributed by atoms with Crippen molar-refractivity contribution in [2.24, 2.45) is 0 Å². The van der Waals surface area contributed by atoms with Gasteiger partial charge in [-0.3, -0.25) is 0 Å². The van der Waals surface area contributed by atoms with Gasteiger partial charge in [-0.1, -0.05) is 12.1 Å². The number of aromatic nitrogens is 1. The molecule has 1 heterocycles. The predicted molar refractivity (Wildman–Crippen MR) is 66.4 cm³/mol. The van der Waals surface area contributed by atoms with Gasteiger partial charge in [-0.15, -0.1) is 0 Å². The number of rotatable bonds is 3. The summed E-state index contributed by atoms with van der Waals surface area (Å²) in [6.07, 6.45) is 0. The van der Waals surface area contributed by atoms with Crippen molar-refractivity contribution in [3.05, 3.63) is 47.8 Å². The zero-order chi connectivity index (χ0) is 12.3. The fraction of sp³-hybridized carbons (Fsp3) is 0.214. The van der Waals surface area contributed by atoms with Crippen molar-refractivity contribution in [1.82, 2.24) is 4.57 Å². The van der Waals surface area contributed by atoms with Gasteiger partial charge >= 0.3 is 0 Å². The molecule has 2 aromatic rings. The number of nitrogens with zero attached hydrogens (tertiary/aromatic N) is 2. The molecule has 0 aliphatic rings. The standard InChI is InChI=1S/C14H14N2O/c1-11-7-8-12(2)16(11)13-5-3-4-6-14(13)17-10-9-15/h3-8H,10H2,1-2H3. The second-order valence-electron chi connectivity index (χ2n) is 3.87. The minimum atomic E-state index is 0.0659. The van der Waals surface area contributed by atoms with Crippen LogP contribution in [0.2, 0.25) is 0 Å². The lowest BCUT2D eigenvalue weighted by atomic mass is 10.2. The van der Waals surface area contributed by atoms with Gasteiger partial charge in [0.2, 0.25) is 0 Å². The van der Waals surface area contributed by atoms with E-state index in [4.69, 9.17) is 10.00 Å². The highest BCUT2D eigenvalue weighted by molar-refractivity contribution is 5.49. The molecular formula is C14H14N2O. The average Bonchev–Trinajstić information content (AvgIpc) is 2.67. The van der Waals surface area contributed by atoms with E-state index in [0.717, 1.165) is 22.8 Å². The molecule has 0 unspecified atom stereocenters. The van der Waals surface area contributed by atoms with E-state index in [0.29, 0.717) is 0 Å². The average molecular weight is 226 g/mol. The molecule has 0 fully saturated rings. The van der Waals surface area contributed by atoms with E-state index in [2.05, 4.69) is 16.7 Å². The van der Waals surface area contributed by atoms with Crippen molar-refractivity contribution in [1.29, 1.82) is 5.26 Å². The second kappa shape index (κ2) is 4.75. The van der Waals surface area contributed by atoms with Gasteiger partial charge in [0.15, 0.2) is 6.61 Å². The molecule has 0 N–H and O–H groups in total. The van der Waals surface area contributed by atoms with Crippen LogP contribution >= 0.6 is 0 Å². The summed E-state index contributed by atoms with van der Waals surface area (Å²) in [5, 5.41) is 8.58. The number of hydrogen-bond acceptors (Lipinski definition) is 2. The summed E-state index contributed by atoms with van der Waals surface area (Å²) < 4.78 is 7.56. The number of nitriles is 1. The first-order chi connectivity index (χ1) is 8.24. The largest absolute Gasteiger partial charge is 0.477 e. The van der Waals surface area contributed by atoms with Gasteiger partial charge in [-0.2, -0.15) is 5.26 Å². The van der Waals surface area contributed by atoms with Crippen molar-refractivity contribution in [3.8, 4) is 17.5 Å². The molecule has 0 bridgehead atoms. The van der Waals surface area contributed by atoms with Crippen molar-refractivity contribution < 1.29 is 4.74 Å². The molecule has 0 atom stereocenters. The molecule has 86 valence electrons. The summed E-state index contributed by atoms with van der Waals surface area (Å²) in [6, 6.07) is 13.9. The molecule has 0 saturated carbocycles. The van der Waals surface area contributed by atoms with Crippen LogP contribution in [-0.4, -0.2) is 11.2 Å². The first-order valence-corrected chi connectivity index (χ1v) is 5.48. The van der Waals surface area contributed by atoms with Crippen LogP contribution in [0.15, 0.2) is 36.4 Å². The molecule has 0 radical (unpaired) electrons. The Hall–Kier alpha value is -2.21. The van der Waals surface area contributed by atoms with Gasteiger partial charge in [-0.25, -0.2) is 0 Å². The maximum Gasteiger partial charge on any atom is 0.174 e. The van der Waals surface area contributed by atoms with E-state index in [1.54, 1.807) is 0 Å². The number of hydrogen-bond donors (Lipinski definition) is 0. The Kier molecular flexibility index (Phi) is 3.15. The Balaban J connectivity index is 2.49. The first-order valence-electron chi connectivity index (χ1n) is 5.48. The lowest BCUT2D eigenvalue weighted by molar-refractivity contribution is 0.366. The minimum Gasteiger partial charge on any atom is -0.477 e. The Morgan fingerprint density at radius 2 is 1.76 bits per heavy atom. The van der Waals surface area contributed by atoms with Crippen molar-refractivity contribution in [3.63, 3.8) is 0 Å². The molecule has 1 aromatic heterocycles. The van der Waals surface area contributed by atoms with E-state index in [1.807, 2.05) is 44.2 Å². The topological polar surface area (TPSA) is 38.0 Å². The fourth-order valence-electron chi connectivity index (χ4n) is 1.92. The summed E-state index contributed by atoms with van der Waals surface area (Å²) in [4.78, 5) is 0. The van der Waals surface area contributed by atoms with Crippen LogP contribution in [0.3, 0.4) is 0 Å². The third-order valence-corrected chi connectivity index (χ3v) is 2.67. The highest BCUT2D eigenvalue weighted by Crippen LogP contribution is 2.25. The highest BCUT2D eigenvalue weighted by atomic mass is 16.5. The van der Waals surface area contributed by atoms with E-state index in [9.17, 15) is 0 Å². The summed E-state index contributed by atoms with van der Waals surface area (Å²) in [5.74, 6) is 0.733. The molecule has 3 nitrogen and oxygen atoms in total. The quantitative estimate of drug-likeness (QED) is 0.806. The van der Waals surface area contributed by atoms with E-state index >= 15 is 0 Å². The van der Waals surface area contributed by atoms with Crippen molar-refractivity contribution >= 4 is 0 Å². The second-order valence-corrected chi connectivity index (χ2v) is 3.87. The summed E-state index contributed by atoms with van der Waals surface area (Å²) in [7, 11) is 0. The van der Waals surface area contributed by atoms with Crippen LogP contribution in [0.1, 0.15) is 11.4 Å². The summed E-state index contributed by atoms with van der Waals surface area (Å²) >= 11 is 0. The SMILES string of the molecule is Cc1ccc(C)n1-c1ccccc1OCC#N. The molecule has 1 aromatic carbocycles. The fourth-order valence-corrected chi connectivity index (χ4v) is 1.92. The van der Waals surface area contributed by atoms with Gasteiger partial charge in [0.1, 0.15) is 11.8 Å². The Bertz CT molecular complexity index is 544. The molecule has 3 heteroatoms. The van der Waals surface area contributed by atoms with Crippen LogP contribution in [0.25, 0.3) is 5.69 Å². The van der Waals surface area contributed by atoms with E-state index in [1.165, 1.54) is 0 Å². The van der Waals surface area contributed by atoms with E-state index in [-0.39, 0.29) is 6.61 Å². The lowest BCUT2D eigenvalue weighted by Crippen LogP contribution is -2.03. The van der Waals surface area contributed by atoms with Gasteiger partial charge in [0.25, 0.3) is 0 Å². The van der Waals surface area contributed by atoms with Crippen molar-refractivity contribution in [2.75, 3.05) is 6.61 Å². The summed E-state index contributed by atoms with van der Waals surface area (Å²) in [5.41, 5.74) is 3.27. The van der Waals surface area contributed by atoms with Crippen molar-refractivity contribution in [2.45, 2.75) is 13.8 Å². The van der Waals surface area contributed by atoms with Crippen LogP contribution in [0.5, 0.6) is 5.75 Å². The monoisotopic (exact) mass is 226 g/mol. The zero-order valence-corrected chi connectivity index (χ0v) is 9.97. The number of ether oxygens (including phenoxy) is 1. The Morgan fingerprint density at radius 1 is 1.12 bits per heavy atom. The molecular weight excluding hydrogens is 212 g/mol. The highest BCUT2D eigenvalue weighted by Gasteiger charge is 2.09. The molecule has 0 saturated heterocycles. The van der Waals surface area contributed by atoms with Crippen LogP contribution in [0.4, 0.5) is 0 Å². The summed E-state index contributed by atoms with van der Waals surface area (Å²) in [6.45, 7) is 4.17. The molecule has 0 aliphatic carbocycles. The first kappa shape index (κ1) is 11.3. The Morgan fingerprint density at radius 3 is 2.41 bits per heavy atom. The van der Waals surface area contributed by atoms with Crippen LogP contribution in [-0.2, 0) is 0 Å². The maximum atomic E-state index is 8.58. The molecule has 0 amide bonds. The smallest absolute Gasteiger partial charge is 0.174 e. The number of aryl methyl sites for hydroxylation is 2. The van der Waals surface area contributed by atoms with Gasteiger partial charge in [0, 0.05) is 11.4 Å². The van der Waals surface area contributed by atoms with Gasteiger partial charge in [0.05, 0.1) is 5.69 Å². The number of benzene rings is 1. The third kappa shape index (κ3) is 2.16. The van der Waals surface area contributed by atoms with Gasteiger partial charge < -0.3 is 9.30 Å². The zero-order valence-electron chi connectivity index (χ0n) is 9.97. The number of para-hydroxylation sites is 2. The molecule has 17 heavy (non-hydrogen) atoms. The van der Waals surface area contributed by atoms with Crippen LogP contribution < -0.4 is 4.74 Å². The molecule has 0 aliphatic heterocycles. The predicted octanol–water partition coefficient (Wildman–Crippen LogP) is 3.00. The molecule has 2 rings (SSSR count). The van der Waals surface area contributed by atoms with Gasteiger partial charge in [-0.05, 0) is 38.1 Å². The molecule has 0 spiro atoms. The van der Waals surface area contributed by atoms with Crippen LogP contribution in [0, 0.1) is 25.2 Å².